The van der Waals surface area contributed by atoms with E-state index in [1.807, 2.05) is 18.2 Å². The highest BCUT2D eigenvalue weighted by Crippen LogP contribution is 2.28. The van der Waals surface area contributed by atoms with E-state index in [0.29, 0.717) is 0 Å². The van der Waals surface area contributed by atoms with Gasteiger partial charge in [0.1, 0.15) is 5.75 Å². The summed E-state index contributed by atoms with van der Waals surface area (Å²) in [5.74, 6) is 0.216. The molecule has 1 aromatic heterocycles. The van der Waals surface area contributed by atoms with E-state index in [0.717, 1.165) is 15.2 Å². The first kappa shape index (κ1) is 7.55. The molecule has 0 aliphatic rings. The molecule has 1 N–H and O–H groups in total. The second kappa shape index (κ2) is 2.75. The maximum Gasteiger partial charge on any atom is 0.141 e. The monoisotopic (exact) mass is 223 g/mol. The maximum absolute atomic E-state index is 9.41. The van der Waals surface area contributed by atoms with Crippen LogP contribution >= 0.6 is 15.9 Å². The Morgan fingerprint density at radius 1 is 1.17 bits per heavy atom. The van der Waals surface area contributed by atoms with Crippen molar-refractivity contribution in [2.24, 2.45) is 0 Å². The van der Waals surface area contributed by atoms with E-state index >= 15 is 0 Å². The van der Waals surface area contributed by atoms with Gasteiger partial charge in [-0.3, -0.25) is 4.98 Å². The molecule has 0 atom stereocenters. The van der Waals surface area contributed by atoms with Crippen LogP contribution in [0.25, 0.3) is 10.8 Å². The van der Waals surface area contributed by atoms with Gasteiger partial charge in [0.05, 0.1) is 6.20 Å². The van der Waals surface area contributed by atoms with E-state index in [4.69, 9.17) is 0 Å². The first-order valence-corrected chi connectivity index (χ1v) is 4.29. The molecular formula is C9H6BrNO. The smallest absolute Gasteiger partial charge is 0.141 e. The largest absolute Gasteiger partial charge is 0.506 e. The average Bonchev–Trinajstić information content (AvgIpc) is 2.07. The highest BCUT2D eigenvalue weighted by atomic mass is 79.9. The van der Waals surface area contributed by atoms with Gasteiger partial charge in [0.2, 0.25) is 0 Å². The fourth-order valence-electron chi connectivity index (χ4n) is 1.14. The van der Waals surface area contributed by atoms with Gasteiger partial charge in [-0.25, -0.2) is 0 Å². The third-order valence-electron chi connectivity index (χ3n) is 1.73. The molecule has 1 heterocycles. The van der Waals surface area contributed by atoms with Crippen LogP contribution in [-0.4, -0.2) is 10.1 Å². The molecule has 1 aromatic carbocycles. The van der Waals surface area contributed by atoms with E-state index < -0.39 is 0 Å². The van der Waals surface area contributed by atoms with Gasteiger partial charge in [-0.15, -0.1) is 0 Å². The molecule has 0 amide bonds. The lowest BCUT2D eigenvalue weighted by Gasteiger charge is -2.00. The van der Waals surface area contributed by atoms with Crippen molar-refractivity contribution in [1.82, 2.24) is 4.98 Å². The zero-order valence-electron chi connectivity index (χ0n) is 6.16. The zero-order chi connectivity index (χ0) is 8.55. The van der Waals surface area contributed by atoms with Crippen LogP contribution < -0.4 is 0 Å². The minimum absolute atomic E-state index is 0.216. The predicted molar refractivity (Wildman–Crippen MR) is 51.1 cm³/mol. The van der Waals surface area contributed by atoms with Crippen molar-refractivity contribution in [1.29, 1.82) is 0 Å². The number of hydrogen-bond acceptors (Lipinski definition) is 2. The van der Waals surface area contributed by atoms with Crippen LogP contribution in [0.1, 0.15) is 0 Å². The third kappa shape index (κ3) is 1.06. The quantitative estimate of drug-likeness (QED) is 0.746. The van der Waals surface area contributed by atoms with Crippen LogP contribution in [0.15, 0.2) is 35.1 Å². The molecule has 0 saturated carbocycles. The predicted octanol–water partition coefficient (Wildman–Crippen LogP) is 2.70. The fourth-order valence-corrected chi connectivity index (χ4v) is 1.61. The standard InChI is InChI=1S/C9H6BrNO/c10-8-3-1-2-6-7(8)4-11-5-9(6)12/h1-5,12H. The van der Waals surface area contributed by atoms with Gasteiger partial charge in [-0.2, -0.15) is 0 Å². The minimum Gasteiger partial charge on any atom is -0.506 e. The third-order valence-corrected chi connectivity index (χ3v) is 2.42. The normalized spacial score (nSPS) is 10.4. The molecular weight excluding hydrogens is 218 g/mol. The Hall–Kier alpha value is -1.09. The SMILES string of the molecule is Oc1cncc2c(Br)cccc12. The van der Waals surface area contributed by atoms with Gasteiger partial charge in [0.25, 0.3) is 0 Å². The summed E-state index contributed by atoms with van der Waals surface area (Å²) in [4.78, 5) is 3.89. The van der Waals surface area contributed by atoms with E-state index in [1.165, 1.54) is 6.20 Å². The number of fused-ring (bicyclic) bond motifs is 1. The second-order valence-corrected chi connectivity index (χ2v) is 3.35. The Morgan fingerprint density at radius 2 is 2.00 bits per heavy atom. The molecule has 2 rings (SSSR count). The van der Waals surface area contributed by atoms with Gasteiger partial charge in [0, 0.05) is 21.4 Å². The lowest BCUT2D eigenvalue weighted by molar-refractivity contribution is 0.479. The van der Waals surface area contributed by atoms with Crippen LogP contribution in [0, 0.1) is 0 Å². The summed E-state index contributed by atoms with van der Waals surface area (Å²) in [6, 6.07) is 5.66. The molecule has 0 saturated heterocycles. The summed E-state index contributed by atoms with van der Waals surface area (Å²) < 4.78 is 0.948. The average molecular weight is 224 g/mol. The summed E-state index contributed by atoms with van der Waals surface area (Å²) in [7, 11) is 0. The van der Waals surface area contributed by atoms with Crippen LogP contribution in [0.3, 0.4) is 0 Å². The number of halogens is 1. The van der Waals surface area contributed by atoms with Crippen LogP contribution in [0.4, 0.5) is 0 Å². The molecule has 12 heavy (non-hydrogen) atoms. The lowest BCUT2D eigenvalue weighted by atomic mass is 10.2. The zero-order valence-corrected chi connectivity index (χ0v) is 7.75. The molecule has 0 radical (unpaired) electrons. The van der Waals surface area contributed by atoms with Crippen LogP contribution in [0.5, 0.6) is 5.75 Å². The molecule has 0 aliphatic carbocycles. The van der Waals surface area contributed by atoms with Gasteiger partial charge in [-0.05, 0) is 6.07 Å². The Bertz CT molecular complexity index is 387. The van der Waals surface area contributed by atoms with Crippen molar-refractivity contribution in [3.63, 3.8) is 0 Å². The molecule has 0 bridgehead atoms. The second-order valence-electron chi connectivity index (χ2n) is 2.49. The Balaban J connectivity index is 2.94. The number of benzene rings is 1. The molecule has 0 fully saturated rings. The minimum atomic E-state index is 0.216. The van der Waals surface area contributed by atoms with E-state index in [2.05, 4.69) is 20.9 Å². The van der Waals surface area contributed by atoms with Crippen molar-refractivity contribution in [3.05, 3.63) is 35.1 Å². The molecule has 2 aromatic rings. The Morgan fingerprint density at radius 3 is 2.75 bits per heavy atom. The first-order chi connectivity index (χ1) is 5.79. The molecule has 0 unspecified atom stereocenters. The van der Waals surface area contributed by atoms with Gasteiger partial charge in [-0.1, -0.05) is 28.1 Å². The van der Waals surface area contributed by atoms with Crippen molar-refractivity contribution < 1.29 is 5.11 Å². The lowest BCUT2D eigenvalue weighted by Crippen LogP contribution is -1.77. The Labute approximate surface area is 78.0 Å². The van der Waals surface area contributed by atoms with Gasteiger partial charge < -0.3 is 5.11 Å². The van der Waals surface area contributed by atoms with Gasteiger partial charge in [0.15, 0.2) is 0 Å². The van der Waals surface area contributed by atoms with Crippen LogP contribution in [0.2, 0.25) is 0 Å². The van der Waals surface area contributed by atoms with E-state index in [-0.39, 0.29) is 5.75 Å². The molecule has 3 heteroatoms. The summed E-state index contributed by atoms with van der Waals surface area (Å²) in [6.45, 7) is 0. The van der Waals surface area contributed by atoms with Gasteiger partial charge >= 0.3 is 0 Å². The number of nitrogens with zero attached hydrogens (tertiary/aromatic N) is 1. The number of hydrogen-bond donors (Lipinski definition) is 1. The van der Waals surface area contributed by atoms with Crippen molar-refractivity contribution in [2.75, 3.05) is 0 Å². The van der Waals surface area contributed by atoms with Crippen molar-refractivity contribution in [3.8, 4) is 5.75 Å². The number of pyridine rings is 1. The van der Waals surface area contributed by atoms with Crippen molar-refractivity contribution in [2.45, 2.75) is 0 Å². The number of rotatable bonds is 0. The van der Waals surface area contributed by atoms with E-state index in [9.17, 15) is 5.11 Å². The molecule has 0 aliphatic heterocycles. The maximum atomic E-state index is 9.41. The highest BCUT2D eigenvalue weighted by molar-refractivity contribution is 9.10. The van der Waals surface area contributed by atoms with E-state index in [1.54, 1.807) is 6.20 Å². The summed E-state index contributed by atoms with van der Waals surface area (Å²) >= 11 is 3.38. The Kier molecular flexibility index (Phi) is 1.73. The van der Waals surface area contributed by atoms with Crippen molar-refractivity contribution >= 4 is 26.7 Å². The number of aromatic hydroxyl groups is 1. The molecule has 2 nitrogen and oxygen atoms in total. The molecule has 60 valence electrons. The summed E-state index contributed by atoms with van der Waals surface area (Å²) in [5.41, 5.74) is 0. The summed E-state index contributed by atoms with van der Waals surface area (Å²) in [5, 5.41) is 11.2. The van der Waals surface area contributed by atoms with Crippen LogP contribution in [-0.2, 0) is 0 Å². The topological polar surface area (TPSA) is 33.1 Å². The fraction of sp³-hybridized carbons (Fsp3) is 0. The summed E-state index contributed by atoms with van der Waals surface area (Å²) in [6.07, 6.45) is 3.16. The number of aromatic nitrogens is 1. The first-order valence-electron chi connectivity index (χ1n) is 3.50. The highest BCUT2D eigenvalue weighted by Gasteiger charge is 2.01. The molecule has 0 spiro atoms.